The van der Waals surface area contributed by atoms with Crippen LogP contribution in [-0.2, 0) is 0 Å². The fourth-order valence-electron chi connectivity index (χ4n) is 2.92. The highest BCUT2D eigenvalue weighted by atomic mass is 32.1. The fourth-order valence-corrected chi connectivity index (χ4v) is 3.99. The first-order chi connectivity index (χ1) is 11.9. The van der Waals surface area contributed by atoms with E-state index >= 15 is 0 Å². The van der Waals surface area contributed by atoms with E-state index in [2.05, 4.69) is 59.4 Å². The Morgan fingerprint density at radius 3 is 2.56 bits per heavy atom. The van der Waals surface area contributed by atoms with Gasteiger partial charge in [0.25, 0.3) is 0 Å². The van der Waals surface area contributed by atoms with E-state index in [1.54, 1.807) is 17.7 Å². The number of fused-ring (bicyclic) bond motifs is 1. The largest absolute Gasteiger partial charge is 0.368 e. The lowest BCUT2D eigenvalue weighted by Gasteiger charge is -2.35. The van der Waals surface area contributed by atoms with Crippen molar-refractivity contribution in [3.8, 4) is 10.6 Å². The Morgan fingerprint density at radius 1 is 1.08 bits per heavy atom. The Bertz CT molecular complexity index is 998. The molecule has 5 nitrogen and oxygen atoms in total. The zero-order valence-corrected chi connectivity index (χ0v) is 15.2. The molecule has 0 unspecified atom stereocenters. The second-order valence-electron chi connectivity index (χ2n) is 6.62. The van der Waals surface area contributed by atoms with Crippen molar-refractivity contribution in [2.75, 3.05) is 4.90 Å². The highest BCUT2D eigenvalue weighted by Gasteiger charge is 2.28. The molecule has 0 aliphatic carbocycles. The van der Waals surface area contributed by atoms with Gasteiger partial charge in [-0.1, -0.05) is 6.07 Å². The van der Waals surface area contributed by atoms with Crippen LogP contribution in [0, 0.1) is 6.92 Å². The van der Waals surface area contributed by atoms with Gasteiger partial charge >= 0.3 is 0 Å². The van der Waals surface area contributed by atoms with Gasteiger partial charge in [-0.3, -0.25) is 0 Å². The molecule has 0 radical (unpaired) electrons. The number of nitrogens with zero attached hydrogens (tertiary/aromatic N) is 4. The van der Waals surface area contributed by atoms with E-state index in [4.69, 9.17) is 10.7 Å². The summed E-state index contributed by atoms with van der Waals surface area (Å²) in [6, 6.07) is 14.7. The predicted molar refractivity (Wildman–Crippen MR) is 106 cm³/mol. The first-order valence-electron chi connectivity index (χ1n) is 8.09. The van der Waals surface area contributed by atoms with Crippen molar-refractivity contribution in [1.29, 1.82) is 0 Å². The van der Waals surface area contributed by atoms with E-state index in [9.17, 15) is 0 Å². The zero-order chi connectivity index (χ0) is 17.6. The number of benzene rings is 2. The zero-order valence-electron chi connectivity index (χ0n) is 14.4. The monoisotopic (exact) mass is 349 g/mol. The van der Waals surface area contributed by atoms with Gasteiger partial charge in [0.2, 0.25) is 5.96 Å². The van der Waals surface area contributed by atoms with E-state index in [1.165, 1.54) is 10.3 Å². The third-order valence-corrected chi connectivity index (χ3v) is 5.29. The molecule has 6 heteroatoms. The highest BCUT2D eigenvalue weighted by molar-refractivity contribution is 7.21. The van der Waals surface area contributed by atoms with Crippen molar-refractivity contribution in [2.24, 2.45) is 15.7 Å². The number of hydrogen-bond acceptors (Lipinski definition) is 6. The summed E-state index contributed by atoms with van der Waals surface area (Å²) in [5.74, 6) is 0.308. The molecular weight excluding hydrogens is 330 g/mol. The molecular formula is C19H19N5S. The molecule has 3 aromatic rings. The molecule has 0 amide bonds. The summed E-state index contributed by atoms with van der Waals surface area (Å²) in [7, 11) is 0. The summed E-state index contributed by atoms with van der Waals surface area (Å²) < 4.78 is 1.22. The van der Waals surface area contributed by atoms with Crippen LogP contribution in [0.25, 0.3) is 20.8 Å². The Hall–Kier alpha value is -2.73. The third-order valence-electron chi connectivity index (χ3n) is 4.22. The molecule has 1 aromatic heterocycles. The van der Waals surface area contributed by atoms with Crippen molar-refractivity contribution in [2.45, 2.75) is 26.4 Å². The van der Waals surface area contributed by atoms with E-state index in [-0.39, 0.29) is 0 Å². The number of aryl methyl sites for hydroxylation is 1. The van der Waals surface area contributed by atoms with Gasteiger partial charge in [-0.15, -0.1) is 11.3 Å². The molecule has 2 heterocycles. The van der Waals surface area contributed by atoms with E-state index in [0.29, 0.717) is 5.96 Å². The van der Waals surface area contributed by atoms with Crippen LogP contribution in [-0.4, -0.2) is 22.9 Å². The summed E-state index contributed by atoms with van der Waals surface area (Å²) >= 11 is 1.72. The Morgan fingerprint density at radius 2 is 1.84 bits per heavy atom. The molecule has 0 atom stereocenters. The first-order valence-corrected chi connectivity index (χ1v) is 8.90. The summed E-state index contributed by atoms with van der Waals surface area (Å²) in [5, 5.41) is 1.03. The third kappa shape index (κ3) is 2.89. The van der Waals surface area contributed by atoms with Crippen LogP contribution in [0.5, 0.6) is 0 Å². The highest BCUT2D eigenvalue weighted by Crippen LogP contribution is 2.33. The number of anilines is 1. The maximum atomic E-state index is 5.72. The number of aliphatic imine (C=N–C) groups is 2. The van der Waals surface area contributed by atoms with Crippen LogP contribution in [0.3, 0.4) is 0 Å². The molecule has 25 heavy (non-hydrogen) atoms. The van der Waals surface area contributed by atoms with Gasteiger partial charge in [0.15, 0.2) is 0 Å². The summed E-state index contributed by atoms with van der Waals surface area (Å²) in [6.45, 7) is 6.12. The molecule has 1 aliphatic rings. The van der Waals surface area contributed by atoms with Crippen LogP contribution in [0.2, 0.25) is 0 Å². The Labute approximate surface area is 150 Å². The van der Waals surface area contributed by atoms with Gasteiger partial charge in [-0.2, -0.15) is 0 Å². The minimum atomic E-state index is -0.458. The lowest BCUT2D eigenvalue weighted by molar-refractivity contribution is 0.540. The van der Waals surface area contributed by atoms with Crippen molar-refractivity contribution in [3.05, 3.63) is 48.0 Å². The van der Waals surface area contributed by atoms with E-state index in [0.717, 1.165) is 21.8 Å². The molecule has 2 N–H and O–H groups in total. The molecule has 0 saturated heterocycles. The minimum Gasteiger partial charge on any atom is -0.368 e. The van der Waals surface area contributed by atoms with Gasteiger partial charge in [0, 0.05) is 11.3 Å². The Balaban J connectivity index is 1.67. The normalized spacial score (nSPS) is 16.3. The van der Waals surface area contributed by atoms with Crippen molar-refractivity contribution in [3.63, 3.8) is 0 Å². The average Bonchev–Trinajstić information content (AvgIpc) is 2.97. The Kier molecular flexibility index (Phi) is 3.58. The maximum Gasteiger partial charge on any atom is 0.219 e. The van der Waals surface area contributed by atoms with Crippen LogP contribution >= 0.6 is 11.3 Å². The quantitative estimate of drug-likeness (QED) is 0.755. The number of hydrogen-bond donors (Lipinski definition) is 1. The molecule has 0 bridgehead atoms. The molecule has 0 saturated carbocycles. The van der Waals surface area contributed by atoms with Crippen molar-refractivity contribution in [1.82, 2.24) is 4.98 Å². The topological polar surface area (TPSA) is 66.9 Å². The lowest BCUT2D eigenvalue weighted by Crippen LogP contribution is -2.46. The standard InChI is InChI=1S/C19H19N5S/c1-12-4-9-15-16(10-12)25-17(22-15)13-5-7-14(8-6-13)24-11-21-18(20)23-19(24,2)3/h4-11H,1-3H3,(H2,20,23). The summed E-state index contributed by atoms with van der Waals surface area (Å²) in [6.07, 6.45) is 1.73. The minimum absolute atomic E-state index is 0.308. The maximum absolute atomic E-state index is 5.72. The smallest absolute Gasteiger partial charge is 0.219 e. The SMILES string of the molecule is Cc1ccc2nc(-c3ccc(N4C=NC(N)=NC4(C)C)cc3)sc2c1. The molecule has 2 aromatic carbocycles. The summed E-state index contributed by atoms with van der Waals surface area (Å²) in [4.78, 5) is 15.3. The van der Waals surface area contributed by atoms with E-state index < -0.39 is 5.66 Å². The van der Waals surface area contributed by atoms with Crippen LogP contribution in [0.15, 0.2) is 52.4 Å². The fraction of sp³-hybridized carbons (Fsp3) is 0.211. The first kappa shape index (κ1) is 15.8. The van der Waals surface area contributed by atoms with E-state index in [1.807, 2.05) is 18.7 Å². The molecule has 4 rings (SSSR count). The number of aromatic nitrogens is 1. The molecule has 0 fully saturated rings. The van der Waals surface area contributed by atoms with Crippen LogP contribution < -0.4 is 10.6 Å². The van der Waals surface area contributed by atoms with Crippen molar-refractivity contribution >= 4 is 39.5 Å². The van der Waals surface area contributed by atoms with Gasteiger partial charge in [-0.25, -0.2) is 15.0 Å². The second-order valence-corrected chi connectivity index (χ2v) is 7.65. The van der Waals surface area contributed by atoms with Gasteiger partial charge in [0.1, 0.15) is 17.0 Å². The number of nitrogens with two attached hydrogens (primary N) is 1. The van der Waals surface area contributed by atoms with Crippen LogP contribution in [0.1, 0.15) is 19.4 Å². The van der Waals surface area contributed by atoms with Gasteiger partial charge < -0.3 is 10.6 Å². The number of guanidine groups is 1. The number of rotatable bonds is 2. The average molecular weight is 349 g/mol. The second kappa shape index (κ2) is 5.67. The van der Waals surface area contributed by atoms with Gasteiger partial charge in [-0.05, 0) is 62.7 Å². The predicted octanol–water partition coefficient (Wildman–Crippen LogP) is 4.17. The summed E-state index contributed by atoms with van der Waals surface area (Å²) in [5.41, 5.74) is 9.69. The van der Waals surface area contributed by atoms with Crippen LogP contribution in [0.4, 0.5) is 5.69 Å². The lowest BCUT2D eigenvalue weighted by atomic mass is 10.1. The number of thiazole rings is 1. The molecule has 126 valence electrons. The van der Waals surface area contributed by atoms with Crippen molar-refractivity contribution < 1.29 is 0 Å². The molecule has 1 aliphatic heterocycles. The molecule has 0 spiro atoms. The van der Waals surface area contributed by atoms with Gasteiger partial charge in [0.05, 0.1) is 10.2 Å².